The molecule has 1 fully saturated rings. The second kappa shape index (κ2) is 11.3. The van der Waals surface area contributed by atoms with Gasteiger partial charge in [0.15, 0.2) is 0 Å². The highest BCUT2D eigenvalue weighted by atomic mass is 35.5. The largest absolute Gasteiger partial charge is 0.377 e. The van der Waals surface area contributed by atoms with Crippen LogP contribution in [0.25, 0.3) is 0 Å². The quantitative estimate of drug-likeness (QED) is 0.185. The number of piperidine rings is 1. The smallest absolute Gasteiger partial charge is 0.297 e. The second-order valence-corrected chi connectivity index (χ2v) is 12.7. The lowest BCUT2D eigenvalue weighted by atomic mass is 9.78. The van der Waals surface area contributed by atoms with Gasteiger partial charge >= 0.3 is 0 Å². The van der Waals surface area contributed by atoms with Crippen molar-refractivity contribution in [2.45, 2.75) is 69.5 Å². The zero-order valence-corrected chi connectivity index (χ0v) is 22.8. The molecular weight excluding hydrogens is 464 g/mol. The number of quaternary nitrogens is 1. The summed E-state index contributed by atoms with van der Waals surface area (Å²) in [5, 5.41) is 0. The predicted molar refractivity (Wildman–Crippen MR) is 132 cm³/mol. The van der Waals surface area contributed by atoms with E-state index in [4.69, 9.17) is 25.4 Å². The molecule has 7 nitrogen and oxygen atoms in total. The molecule has 0 saturated carbocycles. The summed E-state index contributed by atoms with van der Waals surface area (Å²) in [5.74, 6) is 0. The van der Waals surface area contributed by atoms with Gasteiger partial charge in [-0.2, -0.15) is 8.42 Å². The Labute approximate surface area is 205 Å². The van der Waals surface area contributed by atoms with Gasteiger partial charge in [-0.25, -0.2) is 4.42 Å². The Morgan fingerprint density at radius 1 is 0.939 bits per heavy atom. The third-order valence-electron chi connectivity index (χ3n) is 6.48. The highest BCUT2D eigenvalue weighted by Gasteiger charge is 2.49. The van der Waals surface area contributed by atoms with Crippen molar-refractivity contribution in [1.29, 1.82) is 0 Å². The van der Waals surface area contributed by atoms with E-state index in [2.05, 4.69) is 41.8 Å². The Balaban J connectivity index is 1.63. The molecule has 1 aliphatic heterocycles. The molecule has 0 bridgehead atoms. The zero-order valence-electron chi connectivity index (χ0n) is 21.3. The summed E-state index contributed by atoms with van der Waals surface area (Å²) in [6.45, 7) is 13.3. The number of hydrogen-bond donors (Lipinski definition) is 0. The molecule has 0 aliphatic carbocycles. The van der Waals surface area contributed by atoms with E-state index in [1.165, 1.54) is 0 Å². The van der Waals surface area contributed by atoms with Crippen LogP contribution in [0.3, 0.4) is 0 Å². The molecule has 1 aromatic carbocycles. The molecule has 0 spiro atoms. The van der Waals surface area contributed by atoms with E-state index in [9.17, 15) is 8.42 Å². The van der Waals surface area contributed by atoms with Gasteiger partial charge in [0.05, 0.1) is 58.1 Å². The molecule has 190 valence electrons. The number of aryl methyl sites for hydroxylation is 1. The molecule has 0 atom stereocenters. The SMILES string of the molecule is Cc1ccc(S(=O)(=O)OCCOCCOCC[N+](C)(C)C2CC(C)(C)N(Cl)C(C)(C)C2)cc1. The minimum atomic E-state index is -3.75. The van der Waals surface area contributed by atoms with E-state index in [1.54, 1.807) is 24.3 Å². The van der Waals surface area contributed by atoms with E-state index < -0.39 is 10.1 Å². The summed E-state index contributed by atoms with van der Waals surface area (Å²) < 4.78 is 43.4. The van der Waals surface area contributed by atoms with Crippen LogP contribution in [-0.4, -0.2) is 88.1 Å². The zero-order chi connectivity index (χ0) is 24.9. The van der Waals surface area contributed by atoms with Crippen molar-refractivity contribution >= 4 is 21.9 Å². The van der Waals surface area contributed by atoms with E-state index >= 15 is 0 Å². The van der Waals surface area contributed by atoms with Crippen molar-refractivity contribution in [2.75, 3.05) is 53.7 Å². The van der Waals surface area contributed by atoms with Gasteiger partial charge in [-0.15, -0.1) is 0 Å². The van der Waals surface area contributed by atoms with Gasteiger partial charge in [0.2, 0.25) is 0 Å². The van der Waals surface area contributed by atoms with E-state index in [1.807, 2.05) is 11.3 Å². The van der Waals surface area contributed by atoms with Crippen molar-refractivity contribution < 1.29 is 26.6 Å². The molecule has 0 aromatic heterocycles. The van der Waals surface area contributed by atoms with Gasteiger partial charge in [0.1, 0.15) is 6.54 Å². The molecule has 1 aromatic rings. The third-order valence-corrected chi connectivity index (χ3v) is 8.72. The average molecular weight is 506 g/mol. The van der Waals surface area contributed by atoms with E-state index in [0.29, 0.717) is 25.9 Å². The van der Waals surface area contributed by atoms with E-state index in [0.717, 1.165) is 29.4 Å². The van der Waals surface area contributed by atoms with Crippen molar-refractivity contribution in [3.8, 4) is 0 Å². The average Bonchev–Trinajstić information content (AvgIpc) is 2.70. The Hall–Kier alpha value is -0.740. The van der Waals surface area contributed by atoms with Crippen LogP contribution in [0.4, 0.5) is 0 Å². The highest BCUT2D eigenvalue weighted by Crippen LogP contribution is 2.42. The molecule has 0 N–H and O–H groups in total. The van der Waals surface area contributed by atoms with Crippen LogP contribution < -0.4 is 0 Å². The van der Waals surface area contributed by atoms with Crippen LogP contribution in [-0.2, 0) is 23.8 Å². The summed E-state index contributed by atoms with van der Waals surface area (Å²) in [5.41, 5.74) is 0.869. The summed E-state index contributed by atoms with van der Waals surface area (Å²) in [4.78, 5) is 0.153. The van der Waals surface area contributed by atoms with Gasteiger partial charge in [0.25, 0.3) is 10.1 Å². The second-order valence-electron chi connectivity index (χ2n) is 10.8. The highest BCUT2D eigenvalue weighted by molar-refractivity contribution is 7.86. The molecule has 1 aliphatic rings. The number of likely N-dealkylation sites (N-methyl/N-ethyl adjacent to an activating group) is 1. The van der Waals surface area contributed by atoms with Crippen molar-refractivity contribution in [3.05, 3.63) is 29.8 Å². The molecule has 1 heterocycles. The summed E-state index contributed by atoms with van der Waals surface area (Å²) in [6, 6.07) is 7.07. The Kier molecular flexibility index (Phi) is 9.79. The van der Waals surface area contributed by atoms with Gasteiger partial charge in [0, 0.05) is 23.9 Å². The number of ether oxygens (including phenoxy) is 2. The van der Waals surface area contributed by atoms with Crippen LogP contribution in [0.1, 0.15) is 46.1 Å². The topological polar surface area (TPSA) is 65.1 Å². The lowest BCUT2D eigenvalue weighted by molar-refractivity contribution is -0.918. The molecule has 9 heteroatoms. The molecule has 2 rings (SSSR count). The summed E-state index contributed by atoms with van der Waals surface area (Å²) in [6.07, 6.45) is 2.06. The van der Waals surface area contributed by atoms with Crippen LogP contribution in [0, 0.1) is 6.92 Å². The van der Waals surface area contributed by atoms with Crippen molar-refractivity contribution in [1.82, 2.24) is 4.42 Å². The van der Waals surface area contributed by atoms with Gasteiger partial charge in [-0.1, -0.05) is 17.7 Å². The first-order valence-corrected chi connectivity index (χ1v) is 13.3. The fourth-order valence-electron chi connectivity index (χ4n) is 4.48. The number of halogens is 1. The van der Waals surface area contributed by atoms with Gasteiger partial charge < -0.3 is 14.0 Å². The van der Waals surface area contributed by atoms with Crippen molar-refractivity contribution in [3.63, 3.8) is 0 Å². The molecule has 0 radical (unpaired) electrons. The fourth-order valence-corrected chi connectivity index (χ4v) is 5.51. The van der Waals surface area contributed by atoms with Crippen LogP contribution in [0.15, 0.2) is 29.2 Å². The Morgan fingerprint density at radius 3 is 1.97 bits per heavy atom. The number of nitrogens with zero attached hydrogens (tertiary/aromatic N) is 2. The Morgan fingerprint density at radius 2 is 1.42 bits per heavy atom. The maximum Gasteiger partial charge on any atom is 0.297 e. The standard InChI is InChI=1S/C24H42ClN2O5S/c1-20-8-10-22(11-9-20)33(28,29)32-17-16-31-15-14-30-13-12-27(6,7)21-18-23(2,3)26(25)24(4,5)19-21/h8-11,21H,12-19H2,1-7H3/q+1. The molecular formula is C24H42ClN2O5S+. The first-order valence-electron chi connectivity index (χ1n) is 11.6. The molecule has 0 unspecified atom stereocenters. The lowest BCUT2D eigenvalue weighted by Gasteiger charge is -2.54. The lowest BCUT2D eigenvalue weighted by Crippen LogP contribution is -2.64. The Bertz CT molecular complexity index is 838. The summed E-state index contributed by atoms with van der Waals surface area (Å²) >= 11 is 6.62. The van der Waals surface area contributed by atoms with E-state index in [-0.39, 0.29) is 29.2 Å². The van der Waals surface area contributed by atoms with Crippen molar-refractivity contribution in [2.24, 2.45) is 0 Å². The number of hydrogen-bond acceptors (Lipinski definition) is 6. The van der Waals surface area contributed by atoms with Crippen LogP contribution >= 0.6 is 11.8 Å². The molecule has 0 amide bonds. The fraction of sp³-hybridized carbons (Fsp3) is 0.750. The molecule has 1 saturated heterocycles. The van der Waals surface area contributed by atoms with Crippen LogP contribution in [0.5, 0.6) is 0 Å². The van der Waals surface area contributed by atoms with Gasteiger partial charge in [-0.05, 0) is 58.5 Å². The number of benzene rings is 1. The number of rotatable bonds is 12. The first-order chi connectivity index (χ1) is 15.2. The maximum atomic E-state index is 12.1. The predicted octanol–water partition coefficient (Wildman–Crippen LogP) is 3.99. The minimum absolute atomic E-state index is 0.0228. The maximum absolute atomic E-state index is 12.1. The van der Waals surface area contributed by atoms with Crippen LogP contribution in [0.2, 0.25) is 0 Å². The summed E-state index contributed by atoms with van der Waals surface area (Å²) in [7, 11) is 0.762. The molecule has 33 heavy (non-hydrogen) atoms. The normalized spacial score (nSPS) is 19.6. The first kappa shape index (κ1) is 28.5. The minimum Gasteiger partial charge on any atom is -0.377 e. The third kappa shape index (κ3) is 8.16. The van der Waals surface area contributed by atoms with Gasteiger partial charge in [-0.3, -0.25) is 4.18 Å². The monoisotopic (exact) mass is 505 g/mol.